The number of fused-ring (bicyclic) bond motifs is 4. The van der Waals surface area contributed by atoms with E-state index < -0.39 is 7.12 Å². The lowest BCUT2D eigenvalue weighted by Gasteiger charge is -2.32. The Bertz CT molecular complexity index is 3660. The van der Waals surface area contributed by atoms with Gasteiger partial charge in [0.2, 0.25) is 0 Å². The lowest BCUT2D eigenvalue weighted by molar-refractivity contribution is 0.00578. The van der Waals surface area contributed by atoms with Gasteiger partial charge in [-0.1, -0.05) is 220 Å². The van der Waals surface area contributed by atoms with E-state index in [1.807, 2.05) is 0 Å². The van der Waals surface area contributed by atoms with E-state index in [9.17, 15) is 0 Å². The van der Waals surface area contributed by atoms with E-state index in [0.717, 1.165) is 10.9 Å². The van der Waals surface area contributed by atoms with Crippen molar-refractivity contribution in [2.24, 2.45) is 0 Å². The maximum absolute atomic E-state index is 6.50. The predicted molar refractivity (Wildman–Crippen MR) is 318 cm³/mol. The standard InChI is InChI=1S/C40H33BO2.C28H27BO2.CH4/c1-39(2)40(3,4)43-41(42-39)36-24-23-33-35-25-28(21-22-31(35)32-19-12-20-34(36)38(32)33)37-29(26-13-7-5-8-14-26)17-11-18-30(37)27-15-9-6-10-16-27;1-27(2)28(3,4)31-29(30-27)26-19-18-24(23-16-10-11-17-25(23)26)22-15-9-8-14-21(22)20-12-6-5-7-13-20;/h5-25H,1-4H3;5-19H,1-4H3;1H4. The fraction of sp³-hybridized carbons (Fsp3) is 0.188. The Morgan fingerprint density at radius 2 is 0.627 bits per heavy atom. The molecule has 0 amide bonds. The minimum absolute atomic E-state index is 0. The highest BCUT2D eigenvalue weighted by Crippen LogP contribution is 2.50. The molecule has 0 radical (unpaired) electrons. The van der Waals surface area contributed by atoms with Crippen molar-refractivity contribution in [3.8, 4) is 77.9 Å². The number of rotatable bonds is 7. The minimum atomic E-state index is -0.403. The van der Waals surface area contributed by atoms with Crippen LogP contribution in [-0.2, 0) is 18.6 Å². The van der Waals surface area contributed by atoms with Crippen LogP contribution in [0, 0.1) is 0 Å². The normalized spacial score (nSPS) is 16.3. The van der Waals surface area contributed by atoms with Crippen molar-refractivity contribution >= 4 is 46.7 Å². The van der Waals surface area contributed by atoms with E-state index in [2.05, 4.69) is 274 Å². The van der Waals surface area contributed by atoms with Gasteiger partial charge in [-0.2, -0.15) is 0 Å². The zero-order chi connectivity index (χ0) is 51.0. The van der Waals surface area contributed by atoms with Gasteiger partial charge in [-0.25, -0.2) is 0 Å². The third-order valence-electron chi connectivity index (χ3n) is 16.5. The second kappa shape index (κ2) is 19.1. The van der Waals surface area contributed by atoms with Crippen LogP contribution < -0.4 is 10.9 Å². The zero-order valence-corrected chi connectivity index (χ0v) is 43.6. The second-order valence-corrected chi connectivity index (χ2v) is 22.0. The molecule has 0 atom stereocenters. The van der Waals surface area contributed by atoms with Crippen LogP contribution in [0.5, 0.6) is 0 Å². The summed E-state index contributed by atoms with van der Waals surface area (Å²) in [6.07, 6.45) is 0. The maximum atomic E-state index is 6.50. The van der Waals surface area contributed by atoms with Crippen molar-refractivity contribution < 1.29 is 18.6 Å². The molecule has 2 heterocycles. The maximum Gasteiger partial charge on any atom is 0.495 e. The van der Waals surface area contributed by atoms with Crippen LogP contribution in [0.4, 0.5) is 0 Å². The van der Waals surface area contributed by atoms with Gasteiger partial charge in [-0.3, -0.25) is 0 Å². The minimum Gasteiger partial charge on any atom is -0.399 e. The molecule has 10 aromatic carbocycles. The van der Waals surface area contributed by atoms with Gasteiger partial charge in [0.25, 0.3) is 0 Å². The van der Waals surface area contributed by atoms with Crippen molar-refractivity contribution in [1.29, 1.82) is 0 Å². The lowest BCUT2D eigenvalue weighted by Crippen LogP contribution is -2.41. The van der Waals surface area contributed by atoms with Gasteiger partial charge < -0.3 is 18.6 Å². The summed E-state index contributed by atoms with van der Waals surface area (Å²) in [5, 5.41) is 4.85. The third kappa shape index (κ3) is 8.64. The third-order valence-corrected chi connectivity index (χ3v) is 16.5. The Kier molecular flexibility index (Phi) is 12.7. The van der Waals surface area contributed by atoms with Crippen LogP contribution in [0.2, 0.25) is 0 Å². The Labute approximate surface area is 444 Å². The quantitative estimate of drug-likeness (QED) is 0.149. The smallest absolute Gasteiger partial charge is 0.399 e. The van der Waals surface area contributed by atoms with Crippen LogP contribution >= 0.6 is 0 Å². The lowest BCUT2D eigenvalue weighted by atomic mass is 9.74. The average molecular weight is 979 g/mol. The molecule has 0 saturated carbocycles. The van der Waals surface area contributed by atoms with E-state index in [0.29, 0.717) is 0 Å². The summed E-state index contributed by atoms with van der Waals surface area (Å²) in [6.45, 7) is 16.8. The Hall–Kier alpha value is -7.31. The molecule has 0 spiro atoms. The topological polar surface area (TPSA) is 36.9 Å². The molecule has 0 bridgehead atoms. The first kappa shape index (κ1) is 49.9. The first-order valence-electron chi connectivity index (χ1n) is 26.0. The van der Waals surface area contributed by atoms with Gasteiger partial charge >= 0.3 is 14.2 Å². The zero-order valence-electron chi connectivity index (χ0n) is 43.6. The fourth-order valence-electron chi connectivity index (χ4n) is 11.1. The van der Waals surface area contributed by atoms with Crippen LogP contribution in [0.25, 0.3) is 99.4 Å². The van der Waals surface area contributed by atoms with Gasteiger partial charge in [0, 0.05) is 0 Å². The molecular formula is C69H64B2O4. The molecule has 4 nitrogen and oxygen atoms in total. The molecule has 75 heavy (non-hydrogen) atoms. The monoisotopic (exact) mass is 978 g/mol. The molecule has 0 aromatic heterocycles. The summed E-state index contributed by atoms with van der Waals surface area (Å²) in [7, 11) is -0.784. The molecule has 0 unspecified atom stereocenters. The molecule has 6 heteroatoms. The fourth-order valence-corrected chi connectivity index (χ4v) is 11.1. The Morgan fingerprint density at radius 3 is 1.17 bits per heavy atom. The molecule has 0 N–H and O–H groups in total. The van der Waals surface area contributed by atoms with Crippen molar-refractivity contribution in [2.45, 2.75) is 85.2 Å². The number of benzene rings is 10. The van der Waals surface area contributed by atoms with E-state index in [1.54, 1.807) is 0 Å². The summed E-state index contributed by atoms with van der Waals surface area (Å²) >= 11 is 0. The number of hydrogen-bond donors (Lipinski definition) is 0. The average Bonchev–Trinajstić information content (AvgIpc) is 3.96. The first-order chi connectivity index (χ1) is 35.7. The van der Waals surface area contributed by atoms with Gasteiger partial charge in [0.1, 0.15) is 0 Å². The van der Waals surface area contributed by atoms with E-state index >= 15 is 0 Å². The molecule has 370 valence electrons. The molecule has 2 saturated heterocycles. The molecular weight excluding hydrogens is 914 g/mol. The van der Waals surface area contributed by atoms with Gasteiger partial charge in [0.05, 0.1) is 22.4 Å². The summed E-state index contributed by atoms with van der Waals surface area (Å²) in [5.74, 6) is 0. The molecule has 13 rings (SSSR count). The van der Waals surface area contributed by atoms with Crippen molar-refractivity contribution in [1.82, 2.24) is 0 Å². The van der Waals surface area contributed by atoms with E-state index in [1.165, 1.54) is 99.4 Å². The molecule has 1 aliphatic carbocycles. The predicted octanol–water partition coefficient (Wildman–Crippen LogP) is 16.9. The van der Waals surface area contributed by atoms with Gasteiger partial charge in [-0.05, 0) is 172 Å². The molecule has 3 aliphatic rings. The van der Waals surface area contributed by atoms with Crippen molar-refractivity contribution in [3.63, 3.8) is 0 Å². The summed E-state index contributed by atoms with van der Waals surface area (Å²) in [4.78, 5) is 0. The first-order valence-corrected chi connectivity index (χ1v) is 26.0. The highest BCUT2D eigenvalue weighted by atomic mass is 16.7. The van der Waals surface area contributed by atoms with Crippen molar-refractivity contribution in [2.75, 3.05) is 0 Å². The summed E-state index contributed by atoms with van der Waals surface area (Å²) in [6, 6.07) is 78.3. The van der Waals surface area contributed by atoms with Crippen LogP contribution in [0.1, 0.15) is 62.8 Å². The van der Waals surface area contributed by atoms with E-state index in [-0.39, 0.29) is 36.9 Å². The molecule has 2 fully saturated rings. The largest absolute Gasteiger partial charge is 0.495 e. The van der Waals surface area contributed by atoms with Crippen molar-refractivity contribution in [3.05, 3.63) is 218 Å². The van der Waals surface area contributed by atoms with E-state index in [4.69, 9.17) is 18.6 Å². The highest BCUT2D eigenvalue weighted by Gasteiger charge is 2.53. The SMILES string of the molecule is C.CC1(C)OB(c2ccc(-c3ccccc3-c3ccccc3)c3ccccc23)OC1(C)C.CC1(C)OB(c2ccc3c4c(cccc24)-c2ccc(-c4c(-c5ccccc5)cccc4-c4ccccc4)cc2-3)OC1(C)C. The second-order valence-electron chi connectivity index (χ2n) is 22.0. The Morgan fingerprint density at radius 1 is 0.267 bits per heavy atom. The Balaban J connectivity index is 0.000000167. The number of hydrogen-bond acceptors (Lipinski definition) is 4. The van der Waals surface area contributed by atoms with Crippen LogP contribution in [0.3, 0.4) is 0 Å². The molecule has 2 aliphatic heterocycles. The molecule has 10 aromatic rings. The summed E-state index contributed by atoms with van der Waals surface area (Å²) < 4.78 is 25.8. The van der Waals surface area contributed by atoms with Crippen LogP contribution in [0.15, 0.2) is 218 Å². The van der Waals surface area contributed by atoms with Gasteiger partial charge in [0.15, 0.2) is 0 Å². The van der Waals surface area contributed by atoms with Crippen LogP contribution in [-0.4, -0.2) is 36.6 Å². The highest BCUT2D eigenvalue weighted by molar-refractivity contribution is 6.66. The summed E-state index contributed by atoms with van der Waals surface area (Å²) in [5.41, 5.74) is 18.0. The van der Waals surface area contributed by atoms with Gasteiger partial charge in [-0.15, -0.1) is 0 Å².